The number of halogens is 1. The first kappa shape index (κ1) is 14.7. The molecule has 0 aliphatic heterocycles. The second-order valence-corrected chi connectivity index (χ2v) is 7.20. The third-order valence-corrected chi connectivity index (χ3v) is 4.24. The Morgan fingerprint density at radius 2 is 1.95 bits per heavy atom. The van der Waals surface area contributed by atoms with Crippen molar-refractivity contribution in [2.45, 2.75) is 32.6 Å². The smallest absolute Gasteiger partial charge is 0.213 e. The predicted molar refractivity (Wildman–Crippen MR) is 83.5 cm³/mol. The highest BCUT2D eigenvalue weighted by Gasteiger charge is 2.25. The van der Waals surface area contributed by atoms with E-state index in [0.717, 1.165) is 21.2 Å². The number of nitriles is 1. The Kier molecular flexibility index (Phi) is 3.45. The molecule has 112 valence electrons. The van der Waals surface area contributed by atoms with Crippen LogP contribution in [0.4, 0.5) is 4.39 Å². The fraction of sp³-hybridized carbons (Fsp3) is 0.312. The minimum absolute atomic E-state index is 0.199. The largest absolute Gasteiger partial charge is 0.221 e. The molecule has 0 N–H and O–H groups in total. The van der Waals surface area contributed by atoms with E-state index in [9.17, 15) is 9.65 Å². The van der Waals surface area contributed by atoms with Crippen LogP contribution in [0, 0.1) is 17.1 Å². The van der Waals surface area contributed by atoms with Crippen molar-refractivity contribution in [3.05, 3.63) is 52.0 Å². The van der Waals surface area contributed by atoms with Crippen molar-refractivity contribution < 1.29 is 4.39 Å². The molecule has 3 rings (SSSR count). The first-order chi connectivity index (χ1) is 10.4. The van der Waals surface area contributed by atoms with Crippen LogP contribution in [0.1, 0.15) is 42.7 Å². The zero-order valence-corrected chi connectivity index (χ0v) is 13.4. The maximum atomic E-state index is 12.9. The fourth-order valence-electron chi connectivity index (χ4n) is 2.26. The molecule has 0 fully saturated rings. The normalized spacial score (nSPS) is 11.8. The molecule has 4 nitrogen and oxygen atoms in total. The van der Waals surface area contributed by atoms with Gasteiger partial charge in [-0.1, -0.05) is 44.2 Å². The molecule has 22 heavy (non-hydrogen) atoms. The van der Waals surface area contributed by atoms with E-state index in [1.54, 1.807) is 16.6 Å². The summed E-state index contributed by atoms with van der Waals surface area (Å²) in [5.41, 5.74) is 2.04. The minimum atomic E-state index is -0.251. The Bertz CT molecular complexity index is 863. The van der Waals surface area contributed by atoms with Gasteiger partial charge in [-0.3, -0.25) is 0 Å². The summed E-state index contributed by atoms with van der Waals surface area (Å²) in [5.74, 6) is -0.251. The van der Waals surface area contributed by atoms with Crippen LogP contribution in [0.5, 0.6) is 0 Å². The highest BCUT2D eigenvalue weighted by molar-refractivity contribution is 7.16. The van der Waals surface area contributed by atoms with E-state index < -0.39 is 0 Å². The molecule has 0 atom stereocenters. The number of nitrogens with zero attached hydrogens (tertiary/aromatic N) is 4. The minimum Gasteiger partial charge on any atom is -0.221 e. The van der Waals surface area contributed by atoms with Crippen LogP contribution in [0.2, 0.25) is 0 Å². The number of imidazole rings is 1. The SMILES string of the molecule is CC(C)(C)c1nc2sc(Cc3ccc(F)cc3)nn2c1C#N. The number of hydrogen-bond donors (Lipinski definition) is 0. The summed E-state index contributed by atoms with van der Waals surface area (Å²) in [6, 6.07) is 8.56. The number of fused-ring (bicyclic) bond motifs is 1. The second kappa shape index (κ2) is 5.18. The van der Waals surface area contributed by atoms with E-state index in [2.05, 4.69) is 16.2 Å². The number of aromatic nitrogens is 3. The van der Waals surface area contributed by atoms with Gasteiger partial charge in [0.05, 0.1) is 5.69 Å². The lowest BCUT2D eigenvalue weighted by Crippen LogP contribution is -2.14. The van der Waals surface area contributed by atoms with Crippen molar-refractivity contribution in [3.8, 4) is 6.07 Å². The molecule has 3 aromatic rings. The van der Waals surface area contributed by atoms with E-state index in [-0.39, 0.29) is 11.2 Å². The lowest BCUT2D eigenvalue weighted by molar-refractivity contribution is 0.570. The van der Waals surface area contributed by atoms with Gasteiger partial charge in [0, 0.05) is 11.8 Å². The Balaban J connectivity index is 1.99. The van der Waals surface area contributed by atoms with Crippen LogP contribution in [-0.4, -0.2) is 14.6 Å². The maximum absolute atomic E-state index is 12.9. The molecule has 0 unspecified atom stereocenters. The average Bonchev–Trinajstić information content (AvgIpc) is 2.97. The lowest BCUT2D eigenvalue weighted by atomic mass is 9.91. The summed E-state index contributed by atoms with van der Waals surface area (Å²) in [6.07, 6.45) is 0.601. The summed E-state index contributed by atoms with van der Waals surface area (Å²) in [7, 11) is 0. The van der Waals surface area contributed by atoms with Gasteiger partial charge in [0.2, 0.25) is 4.96 Å². The van der Waals surface area contributed by atoms with Crippen LogP contribution in [0.15, 0.2) is 24.3 Å². The Hall–Kier alpha value is -2.26. The highest BCUT2D eigenvalue weighted by atomic mass is 32.1. The maximum Gasteiger partial charge on any atom is 0.213 e. The van der Waals surface area contributed by atoms with Crippen LogP contribution in [-0.2, 0) is 11.8 Å². The molecule has 2 aromatic heterocycles. The van der Waals surface area contributed by atoms with Gasteiger partial charge in [-0.2, -0.15) is 14.9 Å². The third-order valence-electron chi connectivity index (χ3n) is 3.33. The van der Waals surface area contributed by atoms with E-state index in [0.29, 0.717) is 12.1 Å². The molecular formula is C16H15FN4S. The quantitative estimate of drug-likeness (QED) is 0.725. The average molecular weight is 314 g/mol. The van der Waals surface area contributed by atoms with Crippen LogP contribution < -0.4 is 0 Å². The monoisotopic (exact) mass is 314 g/mol. The van der Waals surface area contributed by atoms with Crippen LogP contribution in [0.3, 0.4) is 0 Å². The molecule has 0 aliphatic rings. The molecular weight excluding hydrogens is 299 g/mol. The van der Waals surface area contributed by atoms with Gasteiger partial charge in [0.1, 0.15) is 16.9 Å². The zero-order valence-electron chi connectivity index (χ0n) is 12.6. The molecule has 0 saturated carbocycles. The Labute approximate surface area is 131 Å². The third kappa shape index (κ3) is 2.60. The first-order valence-electron chi connectivity index (χ1n) is 6.92. The zero-order chi connectivity index (χ0) is 15.9. The van der Waals surface area contributed by atoms with Gasteiger partial charge >= 0.3 is 0 Å². The molecule has 2 heterocycles. The summed E-state index contributed by atoms with van der Waals surface area (Å²) < 4.78 is 14.6. The molecule has 6 heteroatoms. The van der Waals surface area contributed by atoms with E-state index in [1.807, 2.05) is 20.8 Å². The van der Waals surface area contributed by atoms with Gasteiger partial charge in [-0.15, -0.1) is 0 Å². The van der Waals surface area contributed by atoms with E-state index >= 15 is 0 Å². The van der Waals surface area contributed by atoms with E-state index in [4.69, 9.17) is 0 Å². The van der Waals surface area contributed by atoms with Gasteiger partial charge in [-0.25, -0.2) is 9.37 Å². The van der Waals surface area contributed by atoms with Crippen LogP contribution >= 0.6 is 11.3 Å². The summed E-state index contributed by atoms with van der Waals surface area (Å²) >= 11 is 1.46. The molecule has 0 aliphatic carbocycles. The van der Waals surface area contributed by atoms with Gasteiger partial charge in [-0.05, 0) is 17.7 Å². The predicted octanol–water partition coefficient (Wildman–Crippen LogP) is 3.69. The van der Waals surface area contributed by atoms with Gasteiger partial charge in [0.15, 0.2) is 5.69 Å². The first-order valence-corrected chi connectivity index (χ1v) is 7.73. The van der Waals surface area contributed by atoms with Crippen molar-refractivity contribution in [2.75, 3.05) is 0 Å². The second-order valence-electron chi connectivity index (χ2n) is 6.16. The molecule has 0 radical (unpaired) electrons. The van der Waals surface area contributed by atoms with Crippen molar-refractivity contribution in [3.63, 3.8) is 0 Å². The fourth-order valence-corrected chi connectivity index (χ4v) is 3.19. The molecule has 0 amide bonds. The number of hydrogen-bond acceptors (Lipinski definition) is 4. The van der Waals surface area contributed by atoms with Crippen molar-refractivity contribution >= 4 is 16.3 Å². The standard InChI is InChI=1S/C16H15FN4S/c1-16(2,3)14-12(9-18)21-15(19-14)22-13(20-21)8-10-4-6-11(17)7-5-10/h4-7H,8H2,1-3H3. The molecule has 0 bridgehead atoms. The Morgan fingerprint density at radius 3 is 2.55 bits per heavy atom. The molecule has 1 aromatic carbocycles. The lowest BCUT2D eigenvalue weighted by Gasteiger charge is -2.14. The van der Waals surface area contributed by atoms with Gasteiger partial charge in [0.25, 0.3) is 0 Å². The topological polar surface area (TPSA) is 54.0 Å². The van der Waals surface area contributed by atoms with Crippen molar-refractivity contribution in [2.24, 2.45) is 0 Å². The molecule has 0 spiro atoms. The summed E-state index contributed by atoms with van der Waals surface area (Å²) in [4.78, 5) is 5.29. The number of benzene rings is 1. The summed E-state index contributed by atoms with van der Waals surface area (Å²) in [6.45, 7) is 6.08. The summed E-state index contributed by atoms with van der Waals surface area (Å²) in [5, 5.41) is 14.8. The van der Waals surface area contributed by atoms with E-state index in [1.165, 1.54) is 23.5 Å². The van der Waals surface area contributed by atoms with Crippen LogP contribution in [0.25, 0.3) is 4.96 Å². The molecule has 0 saturated heterocycles. The van der Waals surface area contributed by atoms with Crippen molar-refractivity contribution in [1.29, 1.82) is 5.26 Å². The number of rotatable bonds is 2. The highest BCUT2D eigenvalue weighted by Crippen LogP contribution is 2.28. The van der Waals surface area contributed by atoms with Crippen molar-refractivity contribution in [1.82, 2.24) is 14.6 Å². The Morgan fingerprint density at radius 1 is 1.27 bits per heavy atom. The van der Waals surface area contributed by atoms with Gasteiger partial charge < -0.3 is 0 Å².